The van der Waals surface area contributed by atoms with Crippen molar-refractivity contribution < 1.29 is 4.79 Å². The lowest BCUT2D eigenvalue weighted by atomic mass is 10.2. The van der Waals surface area contributed by atoms with E-state index >= 15 is 0 Å². The Kier molecular flexibility index (Phi) is 3.98. The van der Waals surface area contributed by atoms with Crippen molar-refractivity contribution in [3.8, 4) is 12.3 Å². The maximum absolute atomic E-state index is 12.4. The van der Waals surface area contributed by atoms with E-state index in [1.807, 2.05) is 19.1 Å². The van der Waals surface area contributed by atoms with Gasteiger partial charge in [0, 0.05) is 21.7 Å². The number of carbonyl (C=O) groups is 1. The highest BCUT2D eigenvalue weighted by Gasteiger charge is 2.20. The summed E-state index contributed by atoms with van der Waals surface area (Å²) in [6.07, 6.45) is 5.26. The van der Waals surface area contributed by atoms with Crippen molar-refractivity contribution in [3.05, 3.63) is 28.1 Å². The molecule has 0 atom stereocenters. The van der Waals surface area contributed by atoms with Crippen molar-refractivity contribution in [1.82, 2.24) is 4.90 Å². The summed E-state index contributed by atoms with van der Waals surface area (Å²) in [6, 6.07) is 5.41. The van der Waals surface area contributed by atoms with Crippen molar-refractivity contribution in [2.24, 2.45) is 0 Å². The van der Waals surface area contributed by atoms with Crippen molar-refractivity contribution in [2.45, 2.75) is 6.92 Å². The third-order valence-electron chi connectivity index (χ3n) is 2.84. The molecule has 19 heavy (non-hydrogen) atoms. The van der Waals surface area contributed by atoms with Gasteiger partial charge in [-0.2, -0.15) is 0 Å². The average molecular weight is 293 g/mol. The summed E-state index contributed by atoms with van der Waals surface area (Å²) in [4.78, 5) is 14.5. The Bertz CT molecular complexity index is 672. The molecule has 5 heteroatoms. The number of amides is 1. The zero-order valence-electron chi connectivity index (χ0n) is 10.4. The van der Waals surface area contributed by atoms with Gasteiger partial charge in [0.05, 0.1) is 12.2 Å². The minimum absolute atomic E-state index is 0.129. The lowest BCUT2D eigenvalue weighted by molar-refractivity contribution is 0.0790. The summed E-state index contributed by atoms with van der Waals surface area (Å²) in [5.74, 6) is 2.35. The van der Waals surface area contributed by atoms with Gasteiger partial charge >= 0.3 is 0 Å². The number of nitrogens with zero attached hydrogens (tertiary/aromatic N) is 1. The molecule has 2 aromatic rings. The van der Waals surface area contributed by atoms with E-state index in [4.69, 9.17) is 23.8 Å². The number of carbonyl (C=O) groups excluding carboxylic acids is 1. The third kappa shape index (κ3) is 2.53. The molecule has 2 N–H and O–H groups in total. The van der Waals surface area contributed by atoms with Crippen molar-refractivity contribution >= 4 is 44.6 Å². The Labute approximate surface area is 121 Å². The second kappa shape index (κ2) is 5.52. The van der Waals surface area contributed by atoms with Crippen LogP contribution in [-0.4, -0.2) is 23.9 Å². The highest BCUT2D eigenvalue weighted by Crippen LogP contribution is 2.35. The number of thiophene rings is 1. The van der Waals surface area contributed by atoms with Crippen LogP contribution in [0.15, 0.2) is 18.2 Å². The minimum Gasteiger partial charge on any atom is -0.397 e. The van der Waals surface area contributed by atoms with Gasteiger partial charge in [-0.3, -0.25) is 4.79 Å². The summed E-state index contributed by atoms with van der Waals surface area (Å²) in [5.41, 5.74) is 6.54. The number of nitrogen functional groups attached to an aromatic ring is 1. The van der Waals surface area contributed by atoms with Gasteiger partial charge in [0.1, 0.15) is 4.88 Å². The number of anilines is 1. The van der Waals surface area contributed by atoms with Crippen LogP contribution in [0.5, 0.6) is 0 Å². The Hall–Kier alpha value is -1.70. The number of fused-ring (bicyclic) bond motifs is 1. The molecule has 0 aliphatic heterocycles. The molecule has 0 spiro atoms. The predicted molar refractivity (Wildman–Crippen MR) is 81.7 cm³/mol. The van der Waals surface area contributed by atoms with Gasteiger partial charge in [-0.05, 0) is 25.1 Å². The highest BCUT2D eigenvalue weighted by atomic mass is 35.5. The first-order valence-corrected chi connectivity index (χ1v) is 6.98. The van der Waals surface area contributed by atoms with Gasteiger partial charge in [0.2, 0.25) is 0 Å². The average Bonchev–Trinajstić information content (AvgIpc) is 2.72. The fourth-order valence-corrected chi connectivity index (χ4v) is 3.20. The van der Waals surface area contributed by atoms with Gasteiger partial charge in [0.25, 0.3) is 5.91 Å². The van der Waals surface area contributed by atoms with Crippen LogP contribution in [0.3, 0.4) is 0 Å². The number of hydrogen-bond acceptors (Lipinski definition) is 3. The van der Waals surface area contributed by atoms with E-state index in [0.29, 0.717) is 22.1 Å². The first-order valence-electron chi connectivity index (χ1n) is 5.78. The van der Waals surface area contributed by atoms with E-state index in [-0.39, 0.29) is 12.5 Å². The molecule has 0 saturated carbocycles. The molecular weight excluding hydrogens is 280 g/mol. The Morgan fingerprint density at radius 1 is 1.58 bits per heavy atom. The molecule has 3 nitrogen and oxygen atoms in total. The number of benzene rings is 1. The van der Waals surface area contributed by atoms with Crippen LogP contribution in [0.4, 0.5) is 5.69 Å². The number of nitrogens with two attached hydrogens (primary N) is 1. The van der Waals surface area contributed by atoms with Crippen LogP contribution in [0.25, 0.3) is 10.1 Å². The van der Waals surface area contributed by atoms with E-state index in [1.54, 1.807) is 11.0 Å². The van der Waals surface area contributed by atoms with Crippen molar-refractivity contribution in [2.75, 3.05) is 18.8 Å². The van der Waals surface area contributed by atoms with Crippen LogP contribution < -0.4 is 5.73 Å². The fourth-order valence-electron chi connectivity index (χ4n) is 1.83. The van der Waals surface area contributed by atoms with Crippen LogP contribution in [0.2, 0.25) is 5.02 Å². The lowest BCUT2D eigenvalue weighted by Crippen LogP contribution is -2.30. The lowest BCUT2D eigenvalue weighted by Gasteiger charge is -2.17. The molecule has 0 aliphatic carbocycles. The number of hydrogen-bond donors (Lipinski definition) is 1. The first-order chi connectivity index (χ1) is 9.08. The number of terminal acetylenes is 1. The quantitative estimate of drug-likeness (QED) is 0.883. The Morgan fingerprint density at radius 3 is 2.95 bits per heavy atom. The monoisotopic (exact) mass is 292 g/mol. The molecule has 1 aromatic carbocycles. The molecule has 0 unspecified atom stereocenters. The summed E-state index contributed by atoms with van der Waals surface area (Å²) >= 11 is 7.29. The molecule has 1 amide bonds. The highest BCUT2D eigenvalue weighted by molar-refractivity contribution is 7.21. The van der Waals surface area contributed by atoms with E-state index in [2.05, 4.69) is 5.92 Å². The number of halogens is 1. The molecule has 0 bridgehead atoms. The van der Waals surface area contributed by atoms with E-state index in [1.165, 1.54) is 11.3 Å². The Morgan fingerprint density at radius 2 is 2.32 bits per heavy atom. The molecule has 98 valence electrons. The van der Waals surface area contributed by atoms with E-state index in [9.17, 15) is 4.79 Å². The first kappa shape index (κ1) is 13.7. The van der Waals surface area contributed by atoms with Gasteiger partial charge < -0.3 is 10.6 Å². The summed E-state index contributed by atoms with van der Waals surface area (Å²) in [6.45, 7) is 2.72. The molecule has 0 fully saturated rings. The summed E-state index contributed by atoms with van der Waals surface area (Å²) in [7, 11) is 0. The zero-order valence-corrected chi connectivity index (χ0v) is 12.0. The number of rotatable bonds is 3. The van der Waals surface area contributed by atoms with Gasteiger partial charge in [-0.1, -0.05) is 17.5 Å². The summed E-state index contributed by atoms with van der Waals surface area (Å²) < 4.78 is 0.908. The maximum atomic E-state index is 12.4. The van der Waals surface area contributed by atoms with Crippen LogP contribution in [0, 0.1) is 12.3 Å². The van der Waals surface area contributed by atoms with Crippen LogP contribution >= 0.6 is 22.9 Å². The molecule has 2 rings (SSSR count). The normalized spacial score (nSPS) is 10.4. The topological polar surface area (TPSA) is 46.3 Å². The smallest absolute Gasteiger partial charge is 0.266 e. The zero-order chi connectivity index (χ0) is 14.0. The largest absolute Gasteiger partial charge is 0.397 e. The maximum Gasteiger partial charge on any atom is 0.266 e. The Balaban J connectivity index is 2.48. The van der Waals surface area contributed by atoms with Gasteiger partial charge in [0.15, 0.2) is 0 Å². The molecular formula is C14H13ClN2OS. The summed E-state index contributed by atoms with van der Waals surface area (Å²) in [5, 5.41) is 1.48. The predicted octanol–water partition coefficient (Wildman–Crippen LogP) is 3.23. The molecule has 0 saturated heterocycles. The third-order valence-corrected chi connectivity index (χ3v) is 4.23. The van der Waals surface area contributed by atoms with Crippen LogP contribution in [-0.2, 0) is 0 Å². The second-order valence-corrected chi connectivity index (χ2v) is 5.50. The standard InChI is InChI=1S/C14H13ClN2OS/c1-3-7-17(4-2)14(18)13-12(16)10-6-5-9(15)8-11(10)19-13/h1,5-6,8H,4,7,16H2,2H3. The second-order valence-electron chi connectivity index (χ2n) is 4.01. The molecule has 1 heterocycles. The van der Waals surface area contributed by atoms with E-state index in [0.717, 1.165) is 10.1 Å². The van der Waals surface area contributed by atoms with E-state index < -0.39 is 0 Å². The molecule has 0 radical (unpaired) electrons. The fraction of sp³-hybridized carbons (Fsp3) is 0.214. The van der Waals surface area contributed by atoms with Crippen molar-refractivity contribution in [3.63, 3.8) is 0 Å². The molecule has 0 aliphatic rings. The van der Waals surface area contributed by atoms with Gasteiger partial charge in [-0.15, -0.1) is 17.8 Å². The van der Waals surface area contributed by atoms with Gasteiger partial charge in [-0.25, -0.2) is 0 Å². The SMILES string of the molecule is C#CCN(CC)C(=O)c1sc2cc(Cl)ccc2c1N. The molecule has 1 aromatic heterocycles. The van der Waals surface area contributed by atoms with Crippen LogP contribution in [0.1, 0.15) is 16.6 Å². The van der Waals surface area contributed by atoms with Crippen molar-refractivity contribution in [1.29, 1.82) is 0 Å². The minimum atomic E-state index is -0.129.